The predicted octanol–water partition coefficient (Wildman–Crippen LogP) is 4.31. The summed E-state index contributed by atoms with van der Waals surface area (Å²) in [4.78, 5) is 56.3. The van der Waals surface area contributed by atoms with Crippen LogP contribution in [0.1, 0.15) is 16.5 Å². The molecule has 0 saturated carbocycles. The maximum absolute atomic E-state index is 14.0. The molecule has 38 heavy (non-hydrogen) atoms. The molecule has 2 aliphatic heterocycles. The monoisotopic (exact) mass is 550 g/mol. The van der Waals surface area contributed by atoms with E-state index in [1.165, 1.54) is 29.5 Å². The zero-order chi connectivity index (χ0) is 26.8. The predicted molar refractivity (Wildman–Crippen MR) is 140 cm³/mol. The lowest BCUT2D eigenvalue weighted by Crippen LogP contribution is -2.57. The van der Waals surface area contributed by atoms with Gasteiger partial charge in [-0.1, -0.05) is 35.9 Å². The second kappa shape index (κ2) is 8.76. The Balaban J connectivity index is 1.50. The van der Waals surface area contributed by atoms with Crippen LogP contribution in [0.5, 0.6) is 0 Å². The Bertz CT molecular complexity index is 1650. The number of carbonyl (C=O) groups excluding carboxylic acids is 2. The molecule has 0 bridgehead atoms. The minimum atomic E-state index is -1.83. The van der Waals surface area contributed by atoms with Crippen LogP contribution in [0, 0.1) is 22.0 Å². The molecule has 2 aromatic carbocycles. The first-order chi connectivity index (χ1) is 18.2. The smallest absolute Gasteiger partial charge is 0.325 e. The van der Waals surface area contributed by atoms with Crippen LogP contribution in [-0.4, -0.2) is 38.3 Å². The van der Waals surface area contributed by atoms with Gasteiger partial charge in [-0.3, -0.25) is 29.8 Å². The first-order valence-corrected chi connectivity index (χ1v) is 12.8. The molecule has 4 heterocycles. The molecule has 0 spiro atoms. The number of nitrogens with zero attached hydrogens (tertiary/aromatic N) is 2. The molecule has 2 fully saturated rings. The van der Waals surface area contributed by atoms with Crippen molar-refractivity contribution in [2.45, 2.75) is 18.0 Å². The number of thiophene rings is 1. The van der Waals surface area contributed by atoms with Gasteiger partial charge in [0.1, 0.15) is 5.54 Å². The zero-order valence-corrected chi connectivity index (χ0v) is 21.0. The van der Waals surface area contributed by atoms with Crippen LogP contribution < -0.4 is 10.2 Å². The van der Waals surface area contributed by atoms with Crippen LogP contribution in [0.25, 0.3) is 10.9 Å². The minimum Gasteiger partial charge on any atom is -0.480 e. The topological polar surface area (TPSA) is 146 Å². The molecule has 192 valence electrons. The number of aliphatic carboxylic acids is 1. The summed E-state index contributed by atoms with van der Waals surface area (Å²) >= 11 is 7.37. The van der Waals surface area contributed by atoms with E-state index >= 15 is 0 Å². The summed E-state index contributed by atoms with van der Waals surface area (Å²) in [7, 11) is 0. The summed E-state index contributed by atoms with van der Waals surface area (Å²) in [6.45, 7) is 0. The highest BCUT2D eigenvalue weighted by atomic mass is 35.5. The Morgan fingerprint density at radius 3 is 2.63 bits per heavy atom. The van der Waals surface area contributed by atoms with Gasteiger partial charge in [0.2, 0.25) is 11.8 Å². The zero-order valence-electron chi connectivity index (χ0n) is 19.5. The number of aromatic amines is 1. The van der Waals surface area contributed by atoms with Crippen LogP contribution in [0.2, 0.25) is 4.34 Å². The number of non-ortho nitro benzene ring substituents is 1. The number of amides is 2. The van der Waals surface area contributed by atoms with Gasteiger partial charge in [-0.25, -0.2) is 4.90 Å². The average Bonchev–Trinajstić information content (AvgIpc) is 3.64. The molecule has 2 amide bonds. The second-order valence-corrected chi connectivity index (χ2v) is 11.1. The van der Waals surface area contributed by atoms with Crippen molar-refractivity contribution in [3.8, 4) is 0 Å². The number of halogens is 1. The van der Waals surface area contributed by atoms with Crippen molar-refractivity contribution in [3.05, 3.63) is 91.8 Å². The number of nitro groups is 1. The van der Waals surface area contributed by atoms with Crippen LogP contribution in [0.15, 0.2) is 66.9 Å². The number of rotatable bonds is 6. The summed E-state index contributed by atoms with van der Waals surface area (Å²) in [5.41, 5.74) is -0.612. The van der Waals surface area contributed by atoms with Crippen molar-refractivity contribution in [1.82, 2.24) is 10.3 Å². The summed E-state index contributed by atoms with van der Waals surface area (Å²) in [5.74, 6) is -4.95. The summed E-state index contributed by atoms with van der Waals surface area (Å²) in [6, 6.07) is 15.2. The van der Waals surface area contributed by atoms with E-state index in [1.807, 2.05) is 24.3 Å². The Hall–Kier alpha value is -4.06. The number of fused-ring (bicyclic) bond motifs is 2. The molecule has 6 rings (SSSR count). The van der Waals surface area contributed by atoms with Crippen LogP contribution in [-0.2, 0) is 20.8 Å². The van der Waals surface area contributed by atoms with E-state index in [-0.39, 0.29) is 17.8 Å². The SMILES string of the molecule is O=C1C2C(c3ccc(Cl)s3)NC(Cc3c[nH]c4ccccc34)(C(=O)O)C2C(=O)N1c1cccc([N+](=O)[O-])c1. The lowest BCUT2D eigenvalue weighted by Gasteiger charge is -2.31. The number of hydrogen-bond acceptors (Lipinski definition) is 7. The number of imide groups is 1. The maximum atomic E-state index is 14.0. The minimum absolute atomic E-state index is 0.0259. The first-order valence-electron chi connectivity index (χ1n) is 11.6. The average molecular weight is 551 g/mol. The third-order valence-electron chi connectivity index (χ3n) is 7.38. The van der Waals surface area contributed by atoms with Crippen LogP contribution >= 0.6 is 22.9 Å². The van der Waals surface area contributed by atoms with Gasteiger partial charge in [-0.05, 0) is 29.8 Å². The number of anilines is 1. The molecule has 10 nitrogen and oxygen atoms in total. The van der Waals surface area contributed by atoms with Crippen molar-refractivity contribution in [2.75, 3.05) is 4.90 Å². The van der Waals surface area contributed by atoms with E-state index in [0.717, 1.165) is 21.9 Å². The molecule has 2 saturated heterocycles. The highest BCUT2D eigenvalue weighted by Gasteiger charge is 2.69. The molecule has 2 aromatic heterocycles. The van der Waals surface area contributed by atoms with Crippen molar-refractivity contribution < 1.29 is 24.4 Å². The molecule has 4 unspecified atom stereocenters. The van der Waals surface area contributed by atoms with E-state index < -0.39 is 46.1 Å². The first kappa shape index (κ1) is 24.3. The molecule has 3 N–H and O–H groups in total. The lowest BCUT2D eigenvalue weighted by molar-refractivity contribution is -0.384. The van der Waals surface area contributed by atoms with Gasteiger partial charge in [-0.15, -0.1) is 11.3 Å². The number of hydrogen-bond donors (Lipinski definition) is 3. The van der Waals surface area contributed by atoms with Gasteiger partial charge in [-0.2, -0.15) is 0 Å². The number of carboxylic acids is 1. The molecule has 2 aliphatic rings. The van der Waals surface area contributed by atoms with Crippen molar-refractivity contribution in [1.29, 1.82) is 0 Å². The Labute approximate surface area is 224 Å². The lowest BCUT2D eigenvalue weighted by atomic mass is 9.76. The van der Waals surface area contributed by atoms with Gasteiger partial charge in [0, 0.05) is 40.5 Å². The highest BCUT2D eigenvalue weighted by molar-refractivity contribution is 7.16. The van der Waals surface area contributed by atoms with Crippen LogP contribution in [0.4, 0.5) is 11.4 Å². The fourth-order valence-electron chi connectivity index (χ4n) is 5.76. The van der Waals surface area contributed by atoms with Crippen LogP contribution in [0.3, 0.4) is 0 Å². The maximum Gasteiger partial charge on any atom is 0.325 e. The summed E-state index contributed by atoms with van der Waals surface area (Å²) in [5, 5.41) is 26.0. The van der Waals surface area contributed by atoms with Gasteiger partial charge < -0.3 is 10.1 Å². The van der Waals surface area contributed by atoms with E-state index in [0.29, 0.717) is 14.8 Å². The molecule has 12 heteroatoms. The van der Waals surface area contributed by atoms with Gasteiger partial charge >= 0.3 is 5.97 Å². The third-order valence-corrected chi connectivity index (χ3v) is 8.69. The standard InChI is InChI=1S/C26H19ClN4O6S/c27-19-9-8-18(38-19)22-20-21(24(33)30(23(20)32)14-4-3-5-15(10-14)31(36)37)26(29-22,25(34)35)11-13-12-28-17-7-2-1-6-16(13)17/h1-10,12,20-22,28-29H,11H2,(H,34,35). The van der Waals surface area contributed by atoms with E-state index in [4.69, 9.17) is 11.6 Å². The number of aromatic nitrogens is 1. The third kappa shape index (κ3) is 3.54. The molecule has 0 aliphatic carbocycles. The Morgan fingerprint density at radius 1 is 1.13 bits per heavy atom. The Morgan fingerprint density at radius 2 is 1.92 bits per heavy atom. The molecular formula is C26H19ClN4O6S. The van der Waals surface area contributed by atoms with Crippen molar-refractivity contribution >= 4 is 63.0 Å². The Kier molecular flexibility index (Phi) is 5.60. The molecule has 0 radical (unpaired) electrons. The largest absolute Gasteiger partial charge is 0.480 e. The number of H-pyrrole nitrogens is 1. The second-order valence-electron chi connectivity index (χ2n) is 9.37. The fourth-order valence-corrected chi connectivity index (χ4v) is 6.92. The number of nitro benzene ring substituents is 1. The van der Waals surface area contributed by atoms with Gasteiger partial charge in [0.15, 0.2) is 0 Å². The van der Waals surface area contributed by atoms with Crippen molar-refractivity contribution in [2.24, 2.45) is 11.8 Å². The fraction of sp³-hybridized carbons (Fsp3) is 0.192. The number of para-hydroxylation sites is 1. The van der Waals surface area contributed by atoms with E-state index in [1.54, 1.807) is 18.3 Å². The van der Waals surface area contributed by atoms with E-state index in [2.05, 4.69) is 10.3 Å². The van der Waals surface area contributed by atoms with E-state index in [9.17, 15) is 29.6 Å². The number of carbonyl (C=O) groups is 3. The van der Waals surface area contributed by atoms with Gasteiger partial charge in [0.05, 0.1) is 32.8 Å². The highest BCUT2D eigenvalue weighted by Crippen LogP contribution is 2.52. The normalized spacial score (nSPS) is 24.8. The molecule has 4 atom stereocenters. The summed E-state index contributed by atoms with van der Waals surface area (Å²) in [6.07, 6.45) is 1.63. The number of nitrogens with one attached hydrogen (secondary N) is 2. The van der Waals surface area contributed by atoms with Gasteiger partial charge in [0.25, 0.3) is 5.69 Å². The quantitative estimate of drug-likeness (QED) is 0.184. The molecular weight excluding hydrogens is 532 g/mol. The number of benzene rings is 2. The van der Waals surface area contributed by atoms with Crippen molar-refractivity contribution in [3.63, 3.8) is 0 Å². The number of carboxylic acid groups (broad SMARTS) is 1. The summed E-state index contributed by atoms with van der Waals surface area (Å²) < 4.78 is 0.454. The molecule has 4 aromatic rings.